The van der Waals surface area contributed by atoms with Crippen LogP contribution in [0.3, 0.4) is 0 Å². The van der Waals surface area contributed by atoms with Crippen LogP contribution in [0.1, 0.15) is 16.7 Å². The van der Waals surface area contributed by atoms with E-state index in [4.69, 9.17) is 51.1 Å². The van der Waals surface area contributed by atoms with Crippen molar-refractivity contribution in [2.24, 2.45) is 0 Å². The standard InChI is InChI=1S/C24H13Cl4F3N2O2/c25-17-5-4-13(20(27)9-17)12-35-22-14(7-18(26)10-21(22)28)6-15(11-32)23(34)33-19-3-1-2-16(8-19)24(29,30)31/h1-10H,12H2,(H,33,34)/b15-6+. The van der Waals surface area contributed by atoms with Gasteiger partial charge in [-0.1, -0.05) is 58.5 Å². The second-order valence-corrected chi connectivity index (χ2v) is 8.72. The Kier molecular flexibility index (Phi) is 8.57. The van der Waals surface area contributed by atoms with Gasteiger partial charge in [0.1, 0.15) is 24.0 Å². The van der Waals surface area contributed by atoms with Crippen molar-refractivity contribution in [3.05, 3.63) is 97.0 Å². The molecule has 0 spiro atoms. The maximum Gasteiger partial charge on any atom is 0.416 e. The number of nitrogens with one attached hydrogen (secondary N) is 1. The van der Waals surface area contributed by atoms with Crippen LogP contribution in [-0.4, -0.2) is 5.91 Å². The molecule has 11 heteroatoms. The van der Waals surface area contributed by atoms with Gasteiger partial charge in [-0.05, 0) is 48.5 Å². The van der Waals surface area contributed by atoms with Crippen LogP contribution in [0.5, 0.6) is 5.75 Å². The zero-order valence-electron chi connectivity index (χ0n) is 17.4. The van der Waals surface area contributed by atoms with Gasteiger partial charge in [-0.15, -0.1) is 0 Å². The number of benzene rings is 3. The van der Waals surface area contributed by atoms with E-state index in [1.165, 1.54) is 30.3 Å². The van der Waals surface area contributed by atoms with Gasteiger partial charge in [-0.3, -0.25) is 4.79 Å². The molecule has 0 aliphatic rings. The molecule has 0 unspecified atom stereocenters. The first-order valence-electron chi connectivity index (χ1n) is 9.64. The van der Waals surface area contributed by atoms with Crippen molar-refractivity contribution in [1.29, 1.82) is 5.26 Å². The van der Waals surface area contributed by atoms with E-state index >= 15 is 0 Å². The number of hydrogen-bond acceptors (Lipinski definition) is 3. The SMILES string of the molecule is N#C/C(=C\c1cc(Cl)cc(Cl)c1OCc1ccc(Cl)cc1Cl)C(=O)Nc1cccc(C(F)(F)F)c1. The fourth-order valence-electron chi connectivity index (χ4n) is 2.90. The van der Waals surface area contributed by atoms with Gasteiger partial charge in [-0.2, -0.15) is 18.4 Å². The number of rotatable bonds is 6. The van der Waals surface area contributed by atoms with Gasteiger partial charge in [0.25, 0.3) is 5.91 Å². The molecule has 0 heterocycles. The van der Waals surface area contributed by atoms with Crippen molar-refractivity contribution in [2.45, 2.75) is 12.8 Å². The first kappa shape index (κ1) is 26.7. The summed E-state index contributed by atoms with van der Waals surface area (Å²) in [5, 5.41) is 12.9. The molecule has 3 rings (SSSR count). The number of ether oxygens (including phenoxy) is 1. The Hall–Kier alpha value is -2.89. The molecule has 3 aromatic carbocycles. The van der Waals surface area contributed by atoms with Crippen LogP contribution in [0.15, 0.2) is 60.2 Å². The van der Waals surface area contributed by atoms with Crippen LogP contribution in [0.2, 0.25) is 20.1 Å². The zero-order valence-corrected chi connectivity index (χ0v) is 20.4. The number of anilines is 1. The Labute approximate surface area is 218 Å². The first-order chi connectivity index (χ1) is 16.5. The van der Waals surface area contributed by atoms with Crippen molar-refractivity contribution in [1.82, 2.24) is 0 Å². The summed E-state index contributed by atoms with van der Waals surface area (Å²) in [4.78, 5) is 12.6. The highest BCUT2D eigenvalue weighted by Gasteiger charge is 2.30. The molecule has 0 bridgehead atoms. The van der Waals surface area contributed by atoms with Crippen LogP contribution in [-0.2, 0) is 17.6 Å². The number of nitriles is 1. The maximum absolute atomic E-state index is 12.9. The summed E-state index contributed by atoms with van der Waals surface area (Å²) in [5.41, 5.74) is -0.710. The first-order valence-corrected chi connectivity index (χ1v) is 11.2. The second-order valence-electron chi connectivity index (χ2n) is 7.03. The number of nitrogens with zero attached hydrogens (tertiary/aromatic N) is 1. The van der Waals surface area contributed by atoms with Crippen molar-refractivity contribution in [2.75, 3.05) is 5.32 Å². The van der Waals surface area contributed by atoms with E-state index in [1.54, 1.807) is 18.2 Å². The van der Waals surface area contributed by atoms with Crippen molar-refractivity contribution >= 4 is 64.1 Å². The number of carbonyl (C=O) groups is 1. The average Bonchev–Trinajstić information content (AvgIpc) is 2.77. The van der Waals surface area contributed by atoms with Gasteiger partial charge in [0.05, 0.1) is 10.6 Å². The van der Waals surface area contributed by atoms with Gasteiger partial charge < -0.3 is 10.1 Å². The average molecular weight is 560 g/mol. The summed E-state index contributed by atoms with van der Waals surface area (Å²) in [7, 11) is 0. The van der Waals surface area contributed by atoms with Crippen LogP contribution < -0.4 is 10.1 Å². The molecule has 3 aromatic rings. The molecule has 0 radical (unpaired) electrons. The lowest BCUT2D eigenvalue weighted by molar-refractivity contribution is -0.137. The number of amides is 1. The molecule has 4 nitrogen and oxygen atoms in total. The fraction of sp³-hybridized carbons (Fsp3) is 0.0833. The van der Waals surface area contributed by atoms with E-state index in [2.05, 4.69) is 5.32 Å². The molecule has 0 aliphatic carbocycles. The summed E-state index contributed by atoms with van der Waals surface area (Å²) in [5.74, 6) is -0.823. The van der Waals surface area contributed by atoms with Gasteiger partial charge >= 0.3 is 6.18 Å². The third kappa shape index (κ3) is 7.06. The molecule has 0 aliphatic heterocycles. The minimum absolute atomic E-state index is 0.0173. The molecular weight excluding hydrogens is 547 g/mol. The zero-order chi connectivity index (χ0) is 25.8. The van der Waals surface area contributed by atoms with E-state index < -0.39 is 23.2 Å². The number of halogens is 7. The molecule has 0 saturated heterocycles. The smallest absolute Gasteiger partial charge is 0.416 e. The molecule has 0 saturated carbocycles. The Morgan fingerprint density at radius 3 is 2.37 bits per heavy atom. The molecular formula is C24H13Cl4F3N2O2. The van der Waals surface area contributed by atoms with E-state index in [0.29, 0.717) is 15.6 Å². The molecule has 35 heavy (non-hydrogen) atoms. The molecule has 180 valence electrons. The largest absolute Gasteiger partial charge is 0.487 e. The highest BCUT2D eigenvalue weighted by molar-refractivity contribution is 6.36. The monoisotopic (exact) mass is 558 g/mol. The van der Waals surface area contributed by atoms with Crippen LogP contribution in [0.25, 0.3) is 6.08 Å². The molecule has 0 atom stereocenters. The number of hydrogen-bond donors (Lipinski definition) is 1. The quantitative estimate of drug-likeness (QED) is 0.243. The summed E-state index contributed by atoms with van der Waals surface area (Å²) >= 11 is 24.4. The molecule has 1 N–H and O–H groups in total. The van der Waals surface area contributed by atoms with Crippen LogP contribution in [0.4, 0.5) is 18.9 Å². The van der Waals surface area contributed by atoms with Crippen LogP contribution >= 0.6 is 46.4 Å². The lowest BCUT2D eigenvalue weighted by atomic mass is 10.1. The summed E-state index contributed by atoms with van der Waals surface area (Å²) < 4.78 is 44.6. The van der Waals surface area contributed by atoms with E-state index in [9.17, 15) is 23.2 Å². The van der Waals surface area contributed by atoms with Gasteiger partial charge in [0, 0.05) is 31.9 Å². The Morgan fingerprint density at radius 1 is 1.00 bits per heavy atom. The Balaban J connectivity index is 1.90. The predicted octanol–water partition coefficient (Wildman–Crippen LogP) is 8.44. The van der Waals surface area contributed by atoms with Gasteiger partial charge in [0.2, 0.25) is 0 Å². The fourth-order valence-corrected chi connectivity index (χ4v) is 3.93. The van der Waals surface area contributed by atoms with Crippen molar-refractivity contribution in [3.63, 3.8) is 0 Å². The van der Waals surface area contributed by atoms with E-state index in [0.717, 1.165) is 18.2 Å². The van der Waals surface area contributed by atoms with Gasteiger partial charge in [0.15, 0.2) is 0 Å². The minimum atomic E-state index is -4.59. The molecule has 0 fully saturated rings. The lowest BCUT2D eigenvalue weighted by Gasteiger charge is -2.13. The molecule has 1 amide bonds. The summed E-state index contributed by atoms with van der Waals surface area (Å²) in [6.45, 7) is -0.0173. The third-order valence-corrected chi connectivity index (χ3v) is 5.62. The molecule has 0 aromatic heterocycles. The predicted molar refractivity (Wildman–Crippen MR) is 131 cm³/mol. The third-order valence-electron chi connectivity index (χ3n) is 4.54. The number of alkyl halides is 3. The normalized spacial score (nSPS) is 11.7. The summed E-state index contributed by atoms with van der Waals surface area (Å²) in [6.07, 6.45) is -3.43. The van der Waals surface area contributed by atoms with E-state index in [1.807, 2.05) is 0 Å². The van der Waals surface area contributed by atoms with Crippen molar-refractivity contribution in [3.8, 4) is 11.8 Å². The Morgan fingerprint density at radius 2 is 1.71 bits per heavy atom. The highest BCUT2D eigenvalue weighted by atomic mass is 35.5. The highest BCUT2D eigenvalue weighted by Crippen LogP contribution is 2.35. The second kappa shape index (κ2) is 11.2. The Bertz CT molecular complexity index is 1350. The lowest BCUT2D eigenvalue weighted by Crippen LogP contribution is -2.14. The van der Waals surface area contributed by atoms with Crippen molar-refractivity contribution < 1.29 is 22.7 Å². The number of carbonyl (C=O) groups excluding carboxylic acids is 1. The topological polar surface area (TPSA) is 62.1 Å². The van der Waals surface area contributed by atoms with Crippen LogP contribution in [0, 0.1) is 11.3 Å². The summed E-state index contributed by atoms with van der Waals surface area (Å²) in [6, 6.07) is 13.4. The van der Waals surface area contributed by atoms with Gasteiger partial charge in [-0.25, -0.2) is 0 Å². The minimum Gasteiger partial charge on any atom is -0.487 e. The van der Waals surface area contributed by atoms with E-state index in [-0.39, 0.29) is 33.7 Å². The maximum atomic E-state index is 12.9.